The third-order valence-electron chi connectivity index (χ3n) is 2.97. The second-order valence-electron chi connectivity index (χ2n) is 4.54. The van der Waals surface area contributed by atoms with Gasteiger partial charge in [-0.1, -0.05) is 39.0 Å². The summed E-state index contributed by atoms with van der Waals surface area (Å²) in [4.78, 5) is 4.11. The Balaban J connectivity index is 2.28. The monoisotopic (exact) mass is 246 g/mol. The normalized spacial score (nSPS) is 10.1. The number of aryl methyl sites for hydroxylation is 1. The molecule has 1 rings (SSSR count). The summed E-state index contributed by atoms with van der Waals surface area (Å²) >= 11 is 0. The van der Waals surface area contributed by atoms with E-state index in [2.05, 4.69) is 18.0 Å². The molecule has 0 aliphatic rings. The summed E-state index contributed by atoms with van der Waals surface area (Å²) < 4.78 is 5.58. The molecule has 0 fully saturated rings. The zero-order valence-corrected chi connectivity index (χ0v) is 11.4. The summed E-state index contributed by atoms with van der Waals surface area (Å²) in [6.07, 6.45) is 9.07. The lowest BCUT2D eigenvalue weighted by molar-refractivity contribution is 0.292. The molecular weight excluding hydrogens is 224 g/mol. The summed E-state index contributed by atoms with van der Waals surface area (Å²) in [5.41, 5.74) is 1.48. The third kappa shape index (κ3) is 4.75. The van der Waals surface area contributed by atoms with E-state index in [1.54, 1.807) is 6.20 Å². The van der Waals surface area contributed by atoms with Gasteiger partial charge >= 0.3 is 0 Å². The Morgan fingerprint density at radius 2 is 1.94 bits per heavy atom. The van der Waals surface area contributed by atoms with E-state index in [0.29, 0.717) is 18.1 Å². The molecule has 1 aromatic rings. The average Bonchev–Trinajstić information content (AvgIpc) is 2.38. The molecule has 0 N–H and O–H groups in total. The van der Waals surface area contributed by atoms with Gasteiger partial charge < -0.3 is 4.74 Å². The maximum atomic E-state index is 9.03. The Bertz CT molecular complexity index is 396. The van der Waals surface area contributed by atoms with Crippen LogP contribution >= 0.6 is 0 Å². The van der Waals surface area contributed by atoms with E-state index in [4.69, 9.17) is 10.00 Å². The van der Waals surface area contributed by atoms with Crippen molar-refractivity contribution < 1.29 is 4.74 Å². The molecular formula is C15H22N2O. The van der Waals surface area contributed by atoms with Crippen molar-refractivity contribution in [3.05, 3.63) is 23.4 Å². The number of nitrogens with zero attached hydrogens (tertiary/aromatic N) is 2. The Labute approximate surface area is 110 Å². The van der Waals surface area contributed by atoms with Crippen molar-refractivity contribution >= 4 is 0 Å². The lowest BCUT2D eigenvalue weighted by Crippen LogP contribution is -2.02. The van der Waals surface area contributed by atoms with Crippen LogP contribution in [0.25, 0.3) is 0 Å². The van der Waals surface area contributed by atoms with Crippen LogP contribution in [0, 0.1) is 18.3 Å². The summed E-state index contributed by atoms with van der Waals surface area (Å²) in [6.45, 7) is 4.77. The number of unbranched alkanes of at least 4 members (excludes halogenated alkanes) is 5. The van der Waals surface area contributed by atoms with E-state index in [1.807, 2.05) is 13.0 Å². The molecule has 0 atom stereocenters. The van der Waals surface area contributed by atoms with Gasteiger partial charge in [0, 0.05) is 6.20 Å². The van der Waals surface area contributed by atoms with Crippen LogP contribution in [0.4, 0.5) is 0 Å². The molecule has 1 heterocycles. The van der Waals surface area contributed by atoms with Crippen molar-refractivity contribution in [1.82, 2.24) is 4.98 Å². The molecule has 0 amide bonds. The van der Waals surface area contributed by atoms with Gasteiger partial charge in [-0.2, -0.15) is 5.26 Å². The van der Waals surface area contributed by atoms with E-state index in [9.17, 15) is 0 Å². The summed E-state index contributed by atoms with van der Waals surface area (Å²) in [6, 6.07) is 3.97. The largest absolute Gasteiger partial charge is 0.477 e. The zero-order chi connectivity index (χ0) is 13.2. The van der Waals surface area contributed by atoms with E-state index < -0.39 is 0 Å². The quantitative estimate of drug-likeness (QED) is 0.651. The molecule has 1 aromatic heterocycles. The number of ether oxygens (including phenoxy) is 1. The van der Waals surface area contributed by atoms with Crippen molar-refractivity contribution in [2.75, 3.05) is 6.61 Å². The molecule has 3 heteroatoms. The van der Waals surface area contributed by atoms with E-state index in [1.165, 1.54) is 32.1 Å². The Kier molecular flexibility index (Phi) is 6.86. The van der Waals surface area contributed by atoms with Crippen molar-refractivity contribution in [3.63, 3.8) is 0 Å². The molecule has 18 heavy (non-hydrogen) atoms. The van der Waals surface area contributed by atoms with Crippen LogP contribution < -0.4 is 4.74 Å². The van der Waals surface area contributed by atoms with Crippen LogP contribution in [0.1, 0.15) is 56.6 Å². The lowest BCUT2D eigenvalue weighted by atomic mass is 10.1. The smallest absolute Gasteiger partial charge is 0.231 e. The SMILES string of the molecule is CCCCCCCCOc1nccc(C)c1C#N. The summed E-state index contributed by atoms with van der Waals surface area (Å²) in [5, 5.41) is 9.03. The fourth-order valence-corrected chi connectivity index (χ4v) is 1.83. The predicted molar refractivity (Wildman–Crippen MR) is 72.6 cm³/mol. The van der Waals surface area contributed by atoms with Gasteiger partial charge in [-0.3, -0.25) is 0 Å². The molecule has 0 spiro atoms. The Morgan fingerprint density at radius 1 is 1.22 bits per heavy atom. The maximum Gasteiger partial charge on any atom is 0.231 e. The predicted octanol–water partition coefficient (Wildman–Crippen LogP) is 4.00. The minimum atomic E-state index is 0.478. The first kappa shape index (κ1) is 14.5. The van der Waals surface area contributed by atoms with Gasteiger partial charge in [0.25, 0.3) is 0 Å². The molecule has 0 unspecified atom stereocenters. The Morgan fingerprint density at radius 3 is 2.67 bits per heavy atom. The van der Waals surface area contributed by atoms with E-state index in [0.717, 1.165) is 12.0 Å². The van der Waals surface area contributed by atoms with Crippen LogP contribution in [0.3, 0.4) is 0 Å². The first-order valence-electron chi connectivity index (χ1n) is 6.78. The minimum absolute atomic E-state index is 0.478. The second kappa shape index (κ2) is 8.52. The van der Waals surface area contributed by atoms with Gasteiger partial charge in [0.15, 0.2) is 0 Å². The van der Waals surface area contributed by atoms with Crippen molar-refractivity contribution in [3.8, 4) is 11.9 Å². The first-order chi connectivity index (χ1) is 8.79. The van der Waals surface area contributed by atoms with Crippen LogP contribution in [0.15, 0.2) is 12.3 Å². The van der Waals surface area contributed by atoms with Gasteiger partial charge in [-0.25, -0.2) is 4.98 Å². The average molecular weight is 246 g/mol. The third-order valence-corrected chi connectivity index (χ3v) is 2.97. The molecule has 0 saturated carbocycles. The number of aromatic nitrogens is 1. The van der Waals surface area contributed by atoms with Crippen molar-refractivity contribution in [2.24, 2.45) is 0 Å². The topological polar surface area (TPSA) is 45.9 Å². The van der Waals surface area contributed by atoms with Gasteiger partial charge in [0.1, 0.15) is 11.6 Å². The minimum Gasteiger partial charge on any atom is -0.477 e. The lowest BCUT2D eigenvalue weighted by Gasteiger charge is -2.07. The Hall–Kier alpha value is -1.56. The number of rotatable bonds is 8. The highest BCUT2D eigenvalue weighted by Crippen LogP contribution is 2.18. The van der Waals surface area contributed by atoms with E-state index in [-0.39, 0.29) is 0 Å². The van der Waals surface area contributed by atoms with Crippen LogP contribution in [0.2, 0.25) is 0 Å². The van der Waals surface area contributed by atoms with Crippen molar-refractivity contribution in [1.29, 1.82) is 5.26 Å². The van der Waals surface area contributed by atoms with Crippen molar-refractivity contribution in [2.45, 2.75) is 52.4 Å². The number of hydrogen-bond donors (Lipinski definition) is 0. The van der Waals surface area contributed by atoms with Gasteiger partial charge in [0.05, 0.1) is 6.61 Å². The molecule has 0 aliphatic carbocycles. The number of hydrogen-bond acceptors (Lipinski definition) is 3. The van der Waals surface area contributed by atoms with Crippen LogP contribution in [0.5, 0.6) is 5.88 Å². The highest BCUT2D eigenvalue weighted by Gasteiger charge is 2.06. The first-order valence-corrected chi connectivity index (χ1v) is 6.78. The highest BCUT2D eigenvalue weighted by atomic mass is 16.5. The molecule has 98 valence electrons. The standard InChI is InChI=1S/C15H22N2O/c1-3-4-5-6-7-8-11-18-15-14(12-16)13(2)9-10-17-15/h9-10H,3-8,11H2,1-2H3. The van der Waals surface area contributed by atoms with Gasteiger partial charge in [-0.15, -0.1) is 0 Å². The summed E-state index contributed by atoms with van der Waals surface area (Å²) in [5.74, 6) is 0.478. The fraction of sp³-hybridized carbons (Fsp3) is 0.600. The molecule has 0 saturated heterocycles. The molecule has 0 radical (unpaired) electrons. The fourth-order valence-electron chi connectivity index (χ4n) is 1.83. The highest BCUT2D eigenvalue weighted by molar-refractivity contribution is 5.43. The van der Waals surface area contributed by atoms with Gasteiger partial charge in [0.2, 0.25) is 5.88 Å². The second-order valence-corrected chi connectivity index (χ2v) is 4.54. The number of pyridine rings is 1. The van der Waals surface area contributed by atoms with Crippen LogP contribution in [-0.2, 0) is 0 Å². The molecule has 0 aliphatic heterocycles. The van der Waals surface area contributed by atoms with Gasteiger partial charge in [-0.05, 0) is 25.0 Å². The van der Waals surface area contributed by atoms with E-state index >= 15 is 0 Å². The maximum absolute atomic E-state index is 9.03. The molecule has 3 nitrogen and oxygen atoms in total. The zero-order valence-electron chi connectivity index (χ0n) is 11.4. The number of nitriles is 1. The molecule has 0 aromatic carbocycles. The molecule has 0 bridgehead atoms. The van der Waals surface area contributed by atoms with Crippen LogP contribution in [-0.4, -0.2) is 11.6 Å². The summed E-state index contributed by atoms with van der Waals surface area (Å²) in [7, 11) is 0.